The molecule has 138 valence electrons. The molecular weight excluding hydrogens is 326 g/mol. The summed E-state index contributed by atoms with van der Waals surface area (Å²) in [5, 5.41) is 4.41. The minimum Gasteiger partial charge on any atom is -0.410 e. The summed E-state index contributed by atoms with van der Waals surface area (Å²) in [6.45, 7) is 6.21. The van der Waals surface area contributed by atoms with Crippen LogP contribution in [0.4, 0.5) is 4.79 Å². The number of ether oxygens (including phenoxy) is 1. The van der Waals surface area contributed by atoms with Gasteiger partial charge in [-0.1, -0.05) is 48.9 Å². The van der Waals surface area contributed by atoms with Gasteiger partial charge in [0.25, 0.3) is 0 Å². The molecular formula is C22H27NO3. The molecule has 1 atom stereocenters. The maximum absolute atomic E-state index is 11.4. The Morgan fingerprint density at radius 3 is 2.46 bits per heavy atom. The van der Waals surface area contributed by atoms with Gasteiger partial charge in [-0.2, -0.15) is 0 Å². The molecule has 4 nitrogen and oxygen atoms in total. The standard InChI is InChI=1S/C12H11NO2.C10H16O/c1-13-12(14)15-11-8-4-6-9-5-2-3-7-10(9)11;1-7(2)9-5-4-8(3)6-10(9)11/h2-8H,1H3,(H,13,14);8H,4-6H2,1-3H3/t;8-/m.1/s1. The van der Waals surface area contributed by atoms with Gasteiger partial charge in [0.2, 0.25) is 0 Å². The van der Waals surface area contributed by atoms with Crippen molar-refractivity contribution < 1.29 is 14.3 Å². The van der Waals surface area contributed by atoms with Gasteiger partial charge < -0.3 is 10.1 Å². The van der Waals surface area contributed by atoms with Crippen LogP contribution in [0.3, 0.4) is 0 Å². The Morgan fingerprint density at radius 1 is 1.12 bits per heavy atom. The predicted octanol–water partition coefficient (Wildman–Crippen LogP) is 5.27. The zero-order valence-electron chi connectivity index (χ0n) is 16.0. The summed E-state index contributed by atoms with van der Waals surface area (Å²) in [7, 11) is 1.54. The van der Waals surface area contributed by atoms with E-state index in [1.54, 1.807) is 6.07 Å². The molecule has 4 heteroatoms. The van der Waals surface area contributed by atoms with Gasteiger partial charge in [-0.05, 0) is 49.6 Å². The molecule has 0 radical (unpaired) electrons. The number of benzene rings is 2. The lowest BCUT2D eigenvalue weighted by Gasteiger charge is -2.19. The van der Waals surface area contributed by atoms with Gasteiger partial charge in [0, 0.05) is 18.9 Å². The van der Waals surface area contributed by atoms with Gasteiger partial charge >= 0.3 is 6.09 Å². The van der Waals surface area contributed by atoms with Crippen molar-refractivity contribution in [1.82, 2.24) is 5.32 Å². The molecule has 2 aromatic rings. The Kier molecular flexibility index (Phi) is 6.96. The van der Waals surface area contributed by atoms with E-state index >= 15 is 0 Å². The molecule has 0 spiro atoms. The monoisotopic (exact) mass is 353 g/mol. The molecule has 1 aliphatic carbocycles. The van der Waals surface area contributed by atoms with Crippen molar-refractivity contribution in [2.45, 2.75) is 40.0 Å². The number of nitrogens with one attached hydrogen (secondary N) is 1. The van der Waals surface area contributed by atoms with E-state index in [2.05, 4.69) is 12.2 Å². The summed E-state index contributed by atoms with van der Waals surface area (Å²) in [5.74, 6) is 1.56. The van der Waals surface area contributed by atoms with Crippen LogP contribution in [0.25, 0.3) is 10.8 Å². The molecule has 0 bridgehead atoms. The van der Waals surface area contributed by atoms with E-state index in [1.165, 1.54) is 19.0 Å². The van der Waals surface area contributed by atoms with Crippen LogP contribution in [0.5, 0.6) is 5.75 Å². The minimum absolute atomic E-state index is 0.378. The lowest BCUT2D eigenvalue weighted by Crippen LogP contribution is -2.22. The topological polar surface area (TPSA) is 55.4 Å². The van der Waals surface area contributed by atoms with Crippen molar-refractivity contribution in [1.29, 1.82) is 0 Å². The van der Waals surface area contributed by atoms with Crippen molar-refractivity contribution in [2.75, 3.05) is 7.05 Å². The molecule has 0 aliphatic heterocycles. The second-order valence-electron chi connectivity index (χ2n) is 6.87. The van der Waals surface area contributed by atoms with E-state index in [0.717, 1.165) is 29.2 Å². The fraction of sp³-hybridized carbons (Fsp3) is 0.364. The largest absolute Gasteiger partial charge is 0.412 e. The molecule has 3 rings (SSSR count). The molecule has 1 aliphatic rings. The van der Waals surface area contributed by atoms with Crippen LogP contribution in [0.2, 0.25) is 0 Å². The second-order valence-corrected chi connectivity index (χ2v) is 6.87. The Bertz CT molecular complexity index is 814. The quantitative estimate of drug-likeness (QED) is 0.711. The van der Waals surface area contributed by atoms with Crippen LogP contribution in [0.15, 0.2) is 53.6 Å². The number of allylic oxidation sites excluding steroid dienone is 2. The highest BCUT2D eigenvalue weighted by atomic mass is 16.6. The van der Waals surface area contributed by atoms with E-state index in [1.807, 2.05) is 50.2 Å². The van der Waals surface area contributed by atoms with Crippen LogP contribution in [0, 0.1) is 5.92 Å². The van der Waals surface area contributed by atoms with Crippen LogP contribution >= 0.6 is 0 Å². The molecule has 1 saturated carbocycles. The van der Waals surface area contributed by atoms with Gasteiger partial charge in [-0.25, -0.2) is 4.79 Å². The number of hydrogen-bond acceptors (Lipinski definition) is 3. The third-order valence-electron chi connectivity index (χ3n) is 4.52. The first-order valence-corrected chi connectivity index (χ1v) is 8.99. The lowest BCUT2D eigenvalue weighted by atomic mass is 9.84. The van der Waals surface area contributed by atoms with Crippen molar-refractivity contribution in [3.05, 3.63) is 53.6 Å². The summed E-state index contributed by atoms with van der Waals surface area (Å²) in [6, 6.07) is 13.4. The zero-order chi connectivity index (χ0) is 19.1. The molecule has 26 heavy (non-hydrogen) atoms. The van der Waals surface area contributed by atoms with Crippen LogP contribution in [-0.4, -0.2) is 18.9 Å². The molecule has 0 heterocycles. The first-order chi connectivity index (χ1) is 12.4. The molecule has 0 saturated heterocycles. The number of hydrogen-bond donors (Lipinski definition) is 1. The fourth-order valence-corrected chi connectivity index (χ4v) is 3.04. The summed E-state index contributed by atoms with van der Waals surface area (Å²) >= 11 is 0. The summed E-state index contributed by atoms with van der Waals surface area (Å²) in [6.07, 6.45) is 2.50. The third kappa shape index (κ3) is 5.19. The van der Waals surface area contributed by atoms with Crippen molar-refractivity contribution in [3.8, 4) is 5.75 Å². The van der Waals surface area contributed by atoms with E-state index in [9.17, 15) is 9.59 Å². The van der Waals surface area contributed by atoms with E-state index in [4.69, 9.17) is 4.74 Å². The highest BCUT2D eigenvalue weighted by Crippen LogP contribution is 2.27. The number of carbonyl (C=O) groups excluding carboxylic acids is 2. The first-order valence-electron chi connectivity index (χ1n) is 8.99. The highest BCUT2D eigenvalue weighted by Gasteiger charge is 2.20. The number of fused-ring (bicyclic) bond motifs is 1. The van der Waals surface area contributed by atoms with Crippen LogP contribution < -0.4 is 10.1 Å². The number of Topliss-reactive ketones (excluding diaryl/α,β-unsaturated/α-hetero) is 1. The van der Waals surface area contributed by atoms with Gasteiger partial charge in [0.05, 0.1) is 0 Å². The summed E-state index contributed by atoms with van der Waals surface area (Å²) < 4.78 is 5.13. The second kappa shape index (κ2) is 9.18. The highest BCUT2D eigenvalue weighted by molar-refractivity contribution is 5.96. The van der Waals surface area contributed by atoms with Crippen molar-refractivity contribution >= 4 is 22.6 Å². The molecule has 1 N–H and O–H groups in total. The lowest BCUT2D eigenvalue weighted by molar-refractivity contribution is -0.117. The predicted molar refractivity (Wildman–Crippen MR) is 105 cm³/mol. The Morgan fingerprint density at radius 2 is 1.81 bits per heavy atom. The average Bonchev–Trinajstić information content (AvgIpc) is 2.62. The zero-order valence-corrected chi connectivity index (χ0v) is 16.0. The van der Waals surface area contributed by atoms with Crippen molar-refractivity contribution in [2.24, 2.45) is 5.92 Å². The molecule has 0 unspecified atom stereocenters. The molecule has 1 fully saturated rings. The maximum atomic E-state index is 11.4. The SMILES string of the molecule is CC(C)=C1CC[C@@H](C)CC1=O.CNC(=O)Oc1cccc2ccccc12. The fourth-order valence-electron chi connectivity index (χ4n) is 3.04. The van der Waals surface area contributed by atoms with Crippen LogP contribution in [0.1, 0.15) is 40.0 Å². The van der Waals surface area contributed by atoms with E-state index in [-0.39, 0.29) is 0 Å². The Balaban J connectivity index is 0.000000197. The third-order valence-corrected chi connectivity index (χ3v) is 4.52. The smallest absolute Gasteiger partial charge is 0.410 e. The minimum atomic E-state index is -0.452. The molecule has 2 aromatic carbocycles. The Hall–Kier alpha value is -2.62. The van der Waals surface area contributed by atoms with Gasteiger partial charge in [0.15, 0.2) is 5.78 Å². The average molecular weight is 353 g/mol. The van der Waals surface area contributed by atoms with E-state index < -0.39 is 6.09 Å². The van der Waals surface area contributed by atoms with Gasteiger partial charge in [-0.15, -0.1) is 0 Å². The first kappa shape index (κ1) is 19.7. The van der Waals surface area contributed by atoms with Gasteiger partial charge in [-0.3, -0.25) is 4.79 Å². The van der Waals surface area contributed by atoms with Crippen LogP contribution in [-0.2, 0) is 4.79 Å². The maximum Gasteiger partial charge on any atom is 0.412 e. The summed E-state index contributed by atoms with van der Waals surface area (Å²) in [5.41, 5.74) is 2.30. The normalized spacial score (nSPS) is 16.5. The number of carbonyl (C=O) groups is 2. The van der Waals surface area contributed by atoms with E-state index in [0.29, 0.717) is 17.5 Å². The molecule has 0 aromatic heterocycles. The Labute approximate surface area is 155 Å². The number of amides is 1. The van der Waals surface area contributed by atoms with Crippen molar-refractivity contribution in [3.63, 3.8) is 0 Å². The van der Waals surface area contributed by atoms with Gasteiger partial charge in [0.1, 0.15) is 5.75 Å². The number of rotatable bonds is 1. The molecule has 1 amide bonds. The number of ketones is 1. The summed E-state index contributed by atoms with van der Waals surface area (Å²) in [4.78, 5) is 22.5.